The van der Waals surface area contributed by atoms with Crippen molar-refractivity contribution in [1.29, 1.82) is 0 Å². The number of hydrogen-bond acceptors (Lipinski definition) is 3. The molecule has 1 atom stereocenters. The third-order valence-electron chi connectivity index (χ3n) is 2.54. The van der Waals surface area contributed by atoms with Crippen LogP contribution in [0.5, 0.6) is 11.5 Å². The molecule has 1 N–H and O–H groups in total. The smallest absolute Gasteiger partial charge is 0.242 e. The van der Waals surface area contributed by atoms with Gasteiger partial charge in [0, 0.05) is 13.5 Å². The molecule has 1 aromatic carbocycles. The fourth-order valence-corrected chi connectivity index (χ4v) is 1.86. The predicted molar refractivity (Wildman–Crippen MR) is 64.7 cm³/mol. The van der Waals surface area contributed by atoms with Crippen LogP contribution in [-0.2, 0) is 4.79 Å². The molecule has 1 aliphatic heterocycles. The number of benzene rings is 1. The van der Waals surface area contributed by atoms with Gasteiger partial charge >= 0.3 is 0 Å². The van der Waals surface area contributed by atoms with Crippen LogP contribution in [0, 0.1) is 0 Å². The lowest BCUT2D eigenvalue weighted by Crippen LogP contribution is -2.22. The average molecular weight is 256 g/mol. The summed E-state index contributed by atoms with van der Waals surface area (Å²) < 4.78 is 11.0. The van der Waals surface area contributed by atoms with Gasteiger partial charge in [0.25, 0.3) is 0 Å². The molecule has 0 bridgehead atoms. The molecule has 1 amide bonds. The van der Waals surface area contributed by atoms with Crippen molar-refractivity contribution in [2.45, 2.75) is 11.8 Å². The zero-order chi connectivity index (χ0) is 12.3. The lowest BCUT2D eigenvalue weighted by Gasteiger charge is -2.12. The van der Waals surface area contributed by atoms with E-state index in [-0.39, 0.29) is 5.91 Å². The van der Waals surface area contributed by atoms with Gasteiger partial charge < -0.3 is 14.8 Å². The summed E-state index contributed by atoms with van der Waals surface area (Å²) in [5.41, 5.74) is 0.704. The van der Waals surface area contributed by atoms with Gasteiger partial charge in [0.15, 0.2) is 11.5 Å². The summed E-state index contributed by atoms with van der Waals surface area (Å²) in [5, 5.41) is 1.80. The first-order valence-electron chi connectivity index (χ1n) is 5.47. The molecule has 0 aromatic heterocycles. The zero-order valence-electron chi connectivity index (χ0n) is 9.53. The maximum absolute atomic E-state index is 11.4. The number of likely N-dealkylation sites (N-methyl/N-ethyl adjacent to an activating group) is 1. The first-order chi connectivity index (χ1) is 8.22. The molecular formula is C12H14ClNO3. The molecule has 1 aliphatic rings. The summed E-state index contributed by atoms with van der Waals surface area (Å²) in [4.78, 5) is 11.4. The van der Waals surface area contributed by atoms with Gasteiger partial charge in [-0.25, -0.2) is 0 Å². The molecule has 0 fully saturated rings. The van der Waals surface area contributed by atoms with Crippen LogP contribution in [0.15, 0.2) is 18.2 Å². The Morgan fingerprint density at radius 3 is 2.76 bits per heavy atom. The number of amides is 1. The van der Waals surface area contributed by atoms with Gasteiger partial charge in [0.05, 0.1) is 13.2 Å². The molecule has 4 nitrogen and oxygen atoms in total. The van der Waals surface area contributed by atoms with Crippen LogP contribution in [-0.4, -0.2) is 26.2 Å². The quantitative estimate of drug-likeness (QED) is 0.821. The third kappa shape index (κ3) is 2.64. The van der Waals surface area contributed by atoms with E-state index in [2.05, 4.69) is 5.32 Å². The second kappa shape index (κ2) is 5.27. The number of rotatable bonds is 2. The monoisotopic (exact) mass is 255 g/mol. The fourth-order valence-electron chi connectivity index (χ4n) is 1.62. The largest absolute Gasteiger partial charge is 0.490 e. The predicted octanol–water partition coefficient (Wildman–Crippen LogP) is 1.87. The Hall–Kier alpha value is -1.42. The zero-order valence-corrected chi connectivity index (χ0v) is 10.3. The molecule has 0 spiro atoms. The van der Waals surface area contributed by atoms with Crippen molar-refractivity contribution in [3.8, 4) is 11.5 Å². The first-order valence-corrected chi connectivity index (χ1v) is 5.91. The van der Waals surface area contributed by atoms with Crippen molar-refractivity contribution < 1.29 is 14.3 Å². The molecule has 17 heavy (non-hydrogen) atoms. The van der Waals surface area contributed by atoms with E-state index in [0.717, 1.165) is 6.42 Å². The Balaban J connectivity index is 2.26. The van der Waals surface area contributed by atoms with Gasteiger partial charge in [-0.3, -0.25) is 4.79 Å². The molecule has 5 heteroatoms. The third-order valence-corrected chi connectivity index (χ3v) is 2.99. The number of nitrogens with one attached hydrogen (secondary N) is 1. The van der Waals surface area contributed by atoms with Crippen LogP contribution >= 0.6 is 11.6 Å². The van der Waals surface area contributed by atoms with E-state index in [0.29, 0.717) is 30.3 Å². The maximum Gasteiger partial charge on any atom is 0.242 e. The number of halogens is 1. The van der Waals surface area contributed by atoms with Crippen molar-refractivity contribution in [3.05, 3.63) is 23.8 Å². The van der Waals surface area contributed by atoms with Crippen LogP contribution in [0.1, 0.15) is 17.4 Å². The summed E-state index contributed by atoms with van der Waals surface area (Å²) in [5.74, 6) is 1.11. The van der Waals surface area contributed by atoms with Gasteiger partial charge in [-0.15, -0.1) is 11.6 Å². The summed E-state index contributed by atoms with van der Waals surface area (Å²) in [7, 11) is 1.56. The molecule has 2 rings (SSSR count). The number of ether oxygens (including phenoxy) is 2. The van der Waals surface area contributed by atoms with Crippen molar-refractivity contribution in [3.63, 3.8) is 0 Å². The molecule has 1 unspecified atom stereocenters. The molecule has 92 valence electrons. The minimum Gasteiger partial charge on any atom is -0.490 e. The summed E-state index contributed by atoms with van der Waals surface area (Å²) in [6, 6.07) is 5.32. The number of fused-ring (bicyclic) bond motifs is 1. The molecule has 0 radical (unpaired) electrons. The second-order valence-corrected chi connectivity index (χ2v) is 4.17. The van der Waals surface area contributed by atoms with Crippen LogP contribution in [0.25, 0.3) is 0 Å². The lowest BCUT2D eigenvalue weighted by atomic mass is 10.1. The molecule has 0 saturated carbocycles. The normalized spacial score (nSPS) is 15.9. The number of carbonyl (C=O) groups excluding carboxylic acids is 1. The van der Waals surface area contributed by atoms with Gasteiger partial charge in [0.1, 0.15) is 5.38 Å². The van der Waals surface area contributed by atoms with E-state index in [1.54, 1.807) is 25.2 Å². The second-order valence-electron chi connectivity index (χ2n) is 3.73. The number of alkyl halides is 1. The first kappa shape index (κ1) is 12.0. The van der Waals surface area contributed by atoms with Crippen molar-refractivity contribution in [1.82, 2.24) is 5.32 Å². The minimum absolute atomic E-state index is 0.235. The Kier molecular flexibility index (Phi) is 3.74. The highest BCUT2D eigenvalue weighted by atomic mass is 35.5. The van der Waals surface area contributed by atoms with E-state index < -0.39 is 5.38 Å². The Labute approximate surface area is 105 Å². The summed E-state index contributed by atoms with van der Waals surface area (Å²) in [6.07, 6.45) is 0.851. The van der Waals surface area contributed by atoms with E-state index in [1.165, 1.54) is 0 Å². The Morgan fingerprint density at radius 2 is 2.06 bits per heavy atom. The van der Waals surface area contributed by atoms with Crippen molar-refractivity contribution in [2.24, 2.45) is 0 Å². The molecular weight excluding hydrogens is 242 g/mol. The SMILES string of the molecule is CNC(=O)C(Cl)c1ccc2c(c1)OCCCO2. The van der Waals surface area contributed by atoms with Gasteiger partial charge in [-0.05, 0) is 17.7 Å². The highest BCUT2D eigenvalue weighted by Gasteiger charge is 2.19. The Morgan fingerprint density at radius 1 is 1.35 bits per heavy atom. The fraction of sp³-hybridized carbons (Fsp3) is 0.417. The van der Waals surface area contributed by atoms with E-state index in [9.17, 15) is 4.79 Å². The van der Waals surface area contributed by atoms with Gasteiger partial charge in [0.2, 0.25) is 5.91 Å². The van der Waals surface area contributed by atoms with E-state index in [4.69, 9.17) is 21.1 Å². The van der Waals surface area contributed by atoms with Crippen LogP contribution in [0.2, 0.25) is 0 Å². The average Bonchev–Trinajstić information content (AvgIpc) is 2.61. The topological polar surface area (TPSA) is 47.6 Å². The van der Waals surface area contributed by atoms with Crippen LogP contribution < -0.4 is 14.8 Å². The van der Waals surface area contributed by atoms with E-state index in [1.807, 2.05) is 0 Å². The Bertz CT molecular complexity index is 422. The van der Waals surface area contributed by atoms with Crippen molar-refractivity contribution >= 4 is 17.5 Å². The standard InChI is InChI=1S/C12H14ClNO3/c1-14-12(15)11(13)8-3-4-9-10(7-8)17-6-2-5-16-9/h3-4,7,11H,2,5-6H2,1H3,(H,14,15). The van der Waals surface area contributed by atoms with E-state index >= 15 is 0 Å². The molecule has 0 aliphatic carbocycles. The minimum atomic E-state index is -0.711. The molecule has 1 aromatic rings. The van der Waals surface area contributed by atoms with Crippen LogP contribution in [0.3, 0.4) is 0 Å². The summed E-state index contributed by atoms with van der Waals surface area (Å²) in [6.45, 7) is 1.26. The maximum atomic E-state index is 11.4. The van der Waals surface area contributed by atoms with Gasteiger partial charge in [-0.1, -0.05) is 6.07 Å². The highest BCUT2D eigenvalue weighted by molar-refractivity contribution is 6.30. The van der Waals surface area contributed by atoms with Crippen molar-refractivity contribution in [2.75, 3.05) is 20.3 Å². The van der Waals surface area contributed by atoms with Crippen LogP contribution in [0.4, 0.5) is 0 Å². The van der Waals surface area contributed by atoms with Gasteiger partial charge in [-0.2, -0.15) is 0 Å². The molecule has 1 heterocycles. The number of hydrogen-bond donors (Lipinski definition) is 1. The number of carbonyl (C=O) groups is 1. The summed E-state index contributed by atoms with van der Waals surface area (Å²) >= 11 is 6.03. The molecule has 0 saturated heterocycles. The highest BCUT2D eigenvalue weighted by Crippen LogP contribution is 2.33. The lowest BCUT2D eigenvalue weighted by molar-refractivity contribution is -0.120.